The Balaban J connectivity index is 1.26. The molecular weight excluding hydrogens is 356 g/mol. The second-order valence-corrected chi connectivity index (χ2v) is 8.83. The van der Waals surface area contributed by atoms with Crippen molar-refractivity contribution in [3.8, 4) is 0 Å². The van der Waals surface area contributed by atoms with Gasteiger partial charge in [0.25, 0.3) is 5.91 Å². The fourth-order valence-corrected chi connectivity index (χ4v) is 4.56. The van der Waals surface area contributed by atoms with Crippen LogP contribution < -0.4 is 5.32 Å². The molecule has 1 atom stereocenters. The van der Waals surface area contributed by atoms with Crippen LogP contribution in [-0.2, 0) is 16.6 Å². The molecule has 2 saturated heterocycles. The highest BCUT2D eigenvalue weighted by Gasteiger charge is 2.41. The van der Waals surface area contributed by atoms with Gasteiger partial charge in [-0.2, -0.15) is 5.10 Å². The van der Waals surface area contributed by atoms with Gasteiger partial charge in [-0.1, -0.05) is 0 Å². The number of hydrogen-bond donors (Lipinski definition) is 1. The summed E-state index contributed by atoms with van der Waals surface area (Å²) in [7, 11) is 1.86. The summed E-state index contributed by atoms with van der Waals surface area (Å²) in [5, 5.41) is 7.41. The van der Waals surface area contributed by atoms with Crippen molar-refractivity contribution in [3.05, 3.63) is 17.5 Å². The Hall–Kier alpha value is -1.89. The Morgan fingerprint density at radius 3 is 2.68 bits per heavy atom. The number of nitrogens with one attached hydrogen (secondary N) is 1. The van der Waals surface area contributed by atoms with Gasteiger partial charge >= 0.3 is 0 Å². The fraction of sp³-hybridized carbons (Fsp3) is 0.762. The number of amides is 2. The van der Waals surface area contributed by atoms with Crippen LogP contribution in [0.3, 0.4) is 0 Å². The Morgan fingerprint density at radius 1 is 1.29 bits per heavy atom. The van der Waals surface area contributed by atoms with E-state index in [2.05, 4.69) is 10.4 Å². The van der Waals surface area contributed by atoms with Crippen molar-refractivity contribution >= 4 is 11.8 Å². The minimum Gasteiger partial charge on any atom is -0.375 e. The van der Waals surface area contributed by atoms with E-state index >= 15 is 0 Å². The maximum absolute atomic E-state index is 12.7. The van der Waals surface area contributed by atoms with Gasteiger partial charge in [-0.15, -0.1) is 0 Å². The van der Waals surface area contributed by atoms with Crippen molar-refractivity contribution in [2.24, 2.45) is 18.9 Å². The lowest BCUT2D eigenvalue weighted by molar-refractivity contribution is -0.125. The predicted octanol–water partition coefficient (Wildman–Crippen LogP) is 2.05. The molecule has 2 amide bonds. The molecule has 7 heteroatoms. The molecule has 1 spiro atoms. The van der Waals surface area contributed by atoms with Crippen molar-refractivity contribution in [1.29, 1.82) is 0 Å². The van der Waals surface area contributed by atoms with E-state index in [-0.39, 0.29) is 23.3 Å². The van der Waals surface area contributed by atoms with E-state index in [1.807, 2.05) is 24.9 Å². The van der Waals surface area contributed by atoms with E-state index in [4.69, 9.17) is 4.74 Å². The van der Waals surface area contributed by atoms with E-state index in [1.165, 1.54) is 0 Å². The minimum atomic E-state index is -0.0970. The summed E-state index contributed by atoms with van der Waals surface area (Å²) in [6.45, 7) is 4.96. The Bertz CT molecular complexity index is 713. The molecule has 1 aliphatic carbocycles. The van der Waals surface area contributed by atoms with Gasteiger partial charge in [-0.05, 0) is 63.9 Å². The van der Waals surface area contributed by atoms with Crippen molar-refractivity contribution in [3.63, 3.8) is 0 Å². The van der Waals surface area contributed by atoms with Crippen LogP contribution in [0.4, 0.5) is 0 Å². The fourth-order valence-electron chi connectivity index (χ4n) is 4.56. The quantitative estimate of drug-likeness (QED) is 0.838. The molecule has 1 saturated carbocycles. The molecule has 154 valence electrons. The number of nitrogens with zero attached hydrogens (tertiary/aromatic N) is 3. The average Bonchev–Trinajstić information content (AvgIpc) is 3.48. The molecule has 4 rings (SSSR count). The van der Waals surface area contributed by atoms with Gasteiger partial charge in [0.2, 0.25) is 5.91 Å². The number of likely N-dealkylation sites (tertiary alicyclic amines) is 1. The SMILES string of the molecule is Cc1cc(C(=O)N2CCC3(CC2)CC(CCNC(=O)C2CC2)CCO3)nn1C. The summed E-state index contributed by atoms with van der Waals surface area (Å²) in [6.07, 6.45) is 7.01. The summed E-state index contributed by atoms with van der Waals surface area (Å²) in [5.74, 6) is 1.13. The first-order valence-corrected chi connectivity index (χ1v) is 10.7. The third-order valence-electron chi connectivity index (χ3n) is 6.69. The lowest BCUT2D eigenvalue weighted by Gasteiger charge is -2.46. The van der Waals surface area contributed by atoms with E-state index in [0.29, 0.717) is 11.6 Å². The summed E-state index contributed by atoms with van der Waals surface area (Å²) < 4.78 is 7.97. The zero-order valence-corrected chi connectivity index (χ0v) is 17.1. The smallest absolute Gasteiger partial charge is 0.274 e. The number of carbonyl (C=O) groups excluding carboxylic acids is 2. The molecule has 2 aliphatic heterocycles. The number of aryl methyl sites for hydroxylation is 2. The topological polar surface area (TPSA) is 76.5 Å². The summed E-state index contributed by atoms with van der Waals surface area (Å²) in [4.78, 5) is 26.4. The van der Waals surface area contributed by atoms with Crippen molar-refractivity contribution in [2.45, 2.75) is 57.5 Å². The van der Waals surface area contributed by atoms with Gasteiger partial charge in [0.1, 0.15) is 0 Å². The Morgan fingerprint density at radius 2 is 2.04 bits per heavy atom. The van der Waals surface area contributed by atoms with Gasteiger partial charge in [0, 0.05) is 44.9 Å². The van der Waals surface area contributed by atoms with E-state index in [1.54, 1.807) is 4.68 Å². The molecule has 7 nitrogen and oxygen atoms in total. The molecule has 0 aromatic carbocycles. The van der Waals surface area contributed by atoms with Gasteiger partial charge in [0.05, 0.1) is 5.60 Å². The van der Waals surface area contributed by atoms with Crippen LogP contribution >= 0.6 is 0 Å². The van der Waals surface area contributed by atoms with Gasteiger partial charge in [-0.25, -0.2) is 0 Å². The molecule has 1 N–H and O–H groups in total. The average molecular weight is 389 g/mol. The van der Waals surface area contributed by atoms with Gasteiger partial charge in [0.15, 0.2) is 5.69 Å². The van der Waals surface area contributed by atoms with Crippen LogP contribution in [0.5, 0.6) is 0 Å². The van der Waals surface area contributed by atoms with Crippen LogP contribution in [0.2, 0.25) is 0 Å². The highest BCUT2D eigenvalue weighted by Crippen LogP contribution is 2.39. The monoisotopic (exact) mass is 388 g/mol. The maximum Gasteiger partial charge on any atom is 0.274 e. The van der Waals surface area contributed by atoms with Gasteiger partial charge in [-0.3, -0.25) is 14.3 Å². The highest BCUT2D eigenvalue weighted by atomic mass is 16.5. The normalized spacial score (nSPS) is 24.4. The first-order valence-electron chi connectivity index (χ1n) is 10.7. The van der Waals surface area contributed by atoms with Crippen molar-refractivity contribution in [1.82, 2.24) is 20.0 Å². The maximum atomic E-state index is 12.7. The Kier molecular flexibility index (Phi) is 5.45. The van der Waals surface area contributed by atoms with E-state index < -0.39 is 0 Å². The third-order valence-corrected chi connectivity index (χ3v) is 6.69. The molecule has 28 heavy (non-hydrogen) atoms. The first-order chi connectivity index (χ1) is 13.5. The molecule has 3 fully saturated rings. The second kappa shape index (κ2) is 7.85. The van der Waals surface area contributed by atoms with Crippen LogP contribution in [0, 0.1) is 18.8 Å². The standard InChI is InChI=1S/C21H32N4O3/c1-15-13-18(23-24(15)2)20(27)25-10-7-21(8-11-25)14-16(6-12-28-21)5-9-22-19(26)17-3-4-17/h13,16-17H,3-12,14H2,1-2H3,(H,22,26). The number of hydrogen-bond acceptors (Lipinski definition) is 4. The molecule has 3 heterocycles. The van der Waals surface area contributed by atoms with Crippen LogP contribution in [-0.4, -0.2) is 58.3 Å². The Labute approximate surface area is 166 Å². The number of ether oxygens (including phenoxy) is 1. The largest absolute Gasteiger partial charge is 0.375 e. The molecular formula is C21H32N4O3. The molecule has 0 radical (unpaired) electrons. The van der Waals surface area contributed by atoms with Crippen LogP contribution in [0.15, 0.2) is 6.07 Å². The van der Waals surface area contributed by atoms with E-state index in [9.17, 15) is 9.59 Å². The number of piperidine rings is 1. The lowest BCUT2D eigenvalue weighted by Crippen LogP contribution is -2.51. The molecule has 1 aromatic rings. The molecule has 1 aromatic heterocycles. The van der Waals surface area contributed by atoms with E-state index in [0.717, 1.165) is 76.9 Å². The molecule has 1 unspecified atom stereocenters. The molecule has 0 bridgehead atoms. The highest BCUT2D eigenvalue weighted by molar-refractivity contribution is 5.92. The molecule has 3 aliphatic rings. The van der Waals surface area contributed by atoms with Crippen molar-refractivity contribution in [2.75, 3.05) is 26.2 Å². The van der Waals surface area contributed by atoms with Gasteiger partial charge < -0.3 is 15.0 Å². The summed E-state index contributed by atoms with van der Waals surface area (Å²) in [5.41, 5.74) is 1.43. The summed E-state index contributed by atoms with van der Waals surface area (Å²) in [6, 6.07) is 1.86. The summed E-state index contributed by atoms with van der Waals surface area (Å²) >= 11 is 0. The second-order valence-electron chi connectivity index (χ2n) is 8.83. The number of rotatable bonds is 5. The van der Waals surface area contributed by atoms with Crippen LogP contribution in [0.25, 0.3) is 0 Å². The predicted molar refractivity (Wildman–Crippen MR) is 105 cm³/mol. The van der Waals surface area contributed by atoms with Crippen molar-refractivity contribution < 1.29 is 14.3 Å². The number of carbonyl (C=O) groups is 2. The third kappa shape index (κ3) is 4.24. The zero-order chi connectivity index (χ0) is 19.7. The zero-order valence-electron chi connectivity index (χ0n) is 17.1. The number of aromatic nitrogens is 2. The lowest BCUT2D eigenvalue weighted by atomic mass is 9.78. The van der Waals surface area contributed by atoms with Crippen LogP contribution in [0.1, 0.15) is 61.1 Å². The first kappa shape index (κ1) is 19.4. The minimum absolute atomic E-state index is 0.0219.